The van der Waals surface area contributed by atoms with Crippen molar-refractivity contribution in [2.24, 2.45) is 0 Å². The molecule has 22 heavy (non-hydrogen) atoms. The van der Waals surface area contributed by atoms with Crippen LogP contribution in [0, 0.1) is 0 Å². The summed E-state index contributed by atoms with van der Waals surface area (Å²) in [6, 6.07) is 12.3. The molecule has 0 saturated heterocycles. The Kier molecular flexibility index (Phi) is 4.37. The van der Waals surface area contributed by atoms with Crippen LogP contribution >= 0.6 is 0 Å². The second kappa shape index (κ2) is 6.07. The number of nitrogens with zero attached hydrogens (tertiary/aromatic N) is 1. The van der Waals surface area contributed by atoms with Crippen LogP contribution < -0.4 is 9.62 Å². The van der Waals surface area contributed by atoms with Gasteiger partial charge in [-0.3, -0.25) is 4.72 Å². The summed E-state index contributed by atoms with van der Waals surface area (Å²) in [6.45, 7) is 0. The summed E-state index contributed by atoms with van der Waals surface area (Å²) in [4.78, 5) is 12.8. The predicted octanol–water partition coefficient (Wildman–Crippen LogP) is 2.25. The van der Waals surface area contributed by atoms with Crippen LogP contribution in [0.15, 0.2) is 53.4 Å². The Morgan fingerprint density at radius 3 is 2.18 bits per heavy atom. The van der Waals surface area contributed by atoms with Gasteiger partial charge in [-0.15, -0.1) is 0 Å². The molecule has 0 spiro atoms. The summed E-state index contributed by atoms with van der Waals surface area (Å²) >= 11 is 0. The topological polar surface area (TPSA) is 86.7 Å². The number of carboxylic acid groups (broad SMARTS) is 1. The van der Waals surface area contributed by atoms with E-state index in [1.165, 1.54) is 24.3 Å². The van der Waals surface area contributed by atoms with E-state index in [0.29, 0.717) is 5.69 Å². The van der Waals surface area contributed by atoms with Crippen LogP contribution in [0.5, 0.6) is 0 Å². The Morgan fingerprint density at radius 1 is 1.05 bits per heavy atom. The van der Waals surface area contributed by atoms with E-state index in [4.69, 9.17) is 5.11 Å². The fourth-order valence-electron chi connectivity index (χ4n) is 1.92. The molecule has 0 fully saturated rings. The number of hydrogen-bond acceptors (Lipinski definition) is 4. The van der Waals surface area contributed by atoms with Gasteiger partial charge in [-0.2, -0.15) is 0 Å². The van der Waals surface area contributed by atoms with Crippen molar-refractivity contribution in [2.45, 2.75) is 4.90 Å². The maximum Gasteiger partial charge on any atom is 0.337 e. The number of sulfonamides is 1. The number of aromatic carboxylic acids is 1. The minimum absolute atomic E-state index is 0.264. The predicted molar refractivity (Wildman–Crippen MR) is 85.0 cm³/mol. The molecule has 0 amide bonds. The third-order valence-corrected chi connectivity index (χ3v) is 4.48. The molecule has 7 heteroatoms. The van der Waals surface area contributed by atoms with Gasteiger partial charge in [-0.05, 0) is 36.4 Å². The van der Waals surface area contributed by atoms with Gasteiger partial charge < -0.3 is 10.0 Å². The van der Waals surface area contributed by atoms with Gasteiger partial charge in [0.15, 0.2) is 0 Å². The molecule has 0 bridgehead atoms. The highest BCUT2D eigenvalue weighted by Gasteiger charge is 2.21. The Labute approximate surface area is 129 Å². The first kappa shape index (κ1) is 15.8. The summed E-state index contributed by atoms with van der Waals surface area (Å²) in [5.74, 6) is -1.29. The lowest BCUT2D eigenvalue weighted by Crippen LogP contribution is -2.17. The number of nitrogens with one attached hydrogen (secondary N) is 1. The second-order valence-electron chi connectivity index (χ2n) is 4.85. The zero-order valence-corrected chi connectivity index (χ0v) is 13.0. The van der Waals surface area contributed by atoms with E-state index < -0.39 is 16.0 Å². The van der Waals surface area contributed by atoms with Gasteiger partial charge in [0.05, 0.1) is 5.56 Å². The molecule has 0 saturated carbocycles. The highest BCUT2D eigenvalue weighted by Crippen LogP contribution is 2.21. The molecule has 6 nitrogen and oxygen atoms in total. The van der Waals surface area contributed by atoms with Crippen molar-refractivity contribution in [1.29, 1.82) is 0 Å². The van der Waals surface area contributed by atoms with Crippen molar-refractivity contribution in [3.63, 3.8) is 0 Å². The van der Waals surface area contributed by atoms with Gasteiger partial charge in [0.2, 0.25) is 0 Å². The highest BCUT2D eigenvalue weighted by molar-refractivity contribution is 7.92. The number of hydrogen-bond donors (Lipinski definition) is 2. The molecule has 0 aromatic heterocycles. The third kappa shape index (κ3) is 3.37. The van der Waals surface area contributed by atoms with E-state index >= 15 is 0 Å². The van der Waals surface area contributed by atoms with Gasteiger partial charge in [-0.25, -0.2) is 13.2 Å². The summed E-state index contributed by atoms with van der Waals surface area (Å²) in [5, 5.41) is 9.09. The Morgan fingerprint density at radius 2 is 1.64 bits per heavy atom. The molecule has 2 rings (SSSR count). The average molecular weight is 320 g/mol. The van der Waals surface area contributed by atoms with E-state index in [1.54, 1.807) is 24.3 Å². The maximum atomic E-state index is 12.4. The molecular weight excluding hydrogens is 304 g/mol. The molecule has 2 aromatic rings. The Hall–Kier alpha value is -2.54. The average Bonchev–Trinajstić information content (AvgIpc) is 2.47. The molecule has 116 valence electrons. The van der Waals surface area contributed by atoms with Crippen molar-refractivity contribution in [3.05, 3.63) is 54.1 Å². The first-order valence-corrected chi connectivity index (χ1v) is 7.92. The number of anilines is 2. The first-order valence-electron chi connectivity index (χ1n) is 6.44. The normalized spacial score (nSPS) is 11.0. The molecule has 2 aromatic carbocycles. The van der Waals surface area contributed by atoms with Gasteiger partial charge >= 0.3 is 5.97 Å². The third-order valence-electron chi connectivity index (χ3n) is 3.04. The molecule has 0 radical (unpaired) electrons. The number of carboxylic acids is 1. The van der Waals surface area contributed by atoms with Crippen molar-refractivity contribution in [2.75, 3.05) is 23.7 Å². The second-order valence-corrected chi connectivity index (χ2v) is 6.50. The molecule has 0 unspecified atom stereocenters. The molecule has 0 aliphatic carbocycles. The van der Waals surface area contributed by atoms with Crippen molar-refractivity contribution >= 4 is 27.4 Å². The summed E-state index contributed by atoms with van der Waals surface area (Å²) < 4.78 is 27.1. The fourth-order valence-corrected chi connectivity index (χ4v) is 3.17. The zero-order valence-electron chi connectivity index (χ0n) is 12.1. The van der Waals surface area contributed by atoms with E-state index in [1.807, 2.05) is 19.0 Å². The summed E-state index contributed by atoms with van der Waals surface area (Å²) in [7, 11) is -0.212. The van der Waals surface area contributed by atoms with Gasteiger partial charge in [0.25, 0.3) is 10.0 Å². The lowest BCUT2D eigenvalue weighted by molar-refractivity contribution is 0.0692. The minimum Gasteiger partial charge on any atom is -0.478 e. The standard InChI is InChI=1S/C15H16N2O4S/c1-17(2)12-9-7-11(8-10-12)16-22(20,21)14-6-4-3-5-13(14)15(18)19/h3-10,16H,1-2H3,(H,18,19). The fraction of sp³-hybridized carbons (Fsp3) is 0.133. The molecular formula is C15H16N2O4S. The van der Waals surface area contributed by atoms with Gasteiger partial charge in [0, 0.05) is 25.5 Å². The molecule has 2 N–H and O–H groups in total. The summed E-state index contributed by atoms with van der Waals surface area (Å²) in [6.07, 6.45) is 0. The van der Waals surface area contributed by atoms with Crippen LogP contribution in [-0.4, -0.2) is 33.6 Å². The smallest absolute Gasteiger partial charge is 0.337 e. The minimum atomic E-state index is -3.97. The molecule has 0 aliphatic heterocycles. The summed E-state index contributed by atoms with van der Waals surface area (Å²) in [5.41, 5.74) is 1.03. The van der Waals surface area contributed by atoms with E-state index in [0.717, 1.165) is 5.69 Å². The number of rotatable bonds is 5. The highest BCUT2D eigenvalue weighted by atomic mass is 32.2. The van der Waals surface area contributed by atoms with Crippen LogP contribution in [0.4, 0.5) is 11.4 Å². The van der Waals surface area contributed by atoms with Gasteiger partial charge in [0.1, 0.15) is 4.90 Å². The van der Waals surface area contributed by atoms with Gasteiger partial charge in [-0.1, -0.05) is 12.1 Å². The molecule has 0 aliphatic rings. The lowest BCUT2D eigenvalue weighted by atomic mass is 10.2. The Balaban J connectivity index is 2.34. The van der Waals surface area contributed by atoms with Crippen molar-refractivity contribution < 1.29 is 18.3 Å². The lowest BCUT2D eigenvalue weighted by Gasteiger charge is -2.14. The number of carbonyl (C=O) groups is 1. The van der Waals surface area contributed by atoms with Crippen LogP contribution in [0.2, 0.25) is 0 Å². The van der Waals surface area contributed by atoms with E-state index in [9.17, 15) is 13.2 Å². The van der Waals surface area contributed by atoms with Crippen LogP contribution in [0.1, 0.15) is 10.4 Å². The Bertz CT molecular complexity index is 783. The molecule has 0 heterocycles. The van der Waals surface area contributed by atoms with E-state index in [2.05, 4.69) is 4.72 Å². The zero-order chi connectivity index (χ0) is 16.3. The molecule has 0 atom stereocenters. The van der Waals surface area contributed by atoms with Crippen LogP contribution in [0.3, 0.4) is 0 Å². The van der Waals surface area contributed by atoms with E-state index in [-0.39, 0.29) is 10.5 Å². The first-order chi connectivity index (χ1) is 10.3. The number of benzene rings is 2. The largest absolute Gasteiger partial charge is 0.478 e. The van der Waals surface area contributed by atoms with Crippen molar-refractivity contribution in [1.82, 2.24) is 0 Å². The SMILES string of the molecule is CN(C)c1ccc(NS(=O)(=O)c2ccccc2C(=O)O)cc1. The monoisotopic (exact) mass is 320 g/mol. The van der Waals surface area contributed by atoms with Crippen LogP contribution in [-0.2, 0) is 10.0 Å². The van der Waals surface area contributed by atoms with Crippen LogP contribution in [0.25, 0.3) is 0 Å². The maximum absolute atomic E-state index is 12.4. The quantitative estimate of drug-likeness (QED) is 0.882. The van der Waals surface area contributed by atoms with Crippen molar-refractivity contribution in [3.8, 4) is 0 Å².